The molecule has 0 amide bonds. The lowest BCUT2D eigenvalue weighted by atomic mass is 10.4. The second-order valence-corrected chi connectivity index (χ2v) is 11.2. The van der Waals surface area contributed by atoms with Crippen molar-refractivity contribution in [1.82, 2.24) is 39.0 Å². The number of H-pyrrole nitrogens is 1. The summed E-state index contributed by atoms with van der Waals surface area (Å²) in [6, 6.07) is 0. The SMILES string of the molecule is C[C@@H](Cn1cnc2c(N)ncnc21)OCP(=O)(O)OP(=O)(O)OCCOCn1cnc2c(=O)[nH]c(N)nc21. The van der Waals surface area contributed by atoms with Crippen LogP contribution in [-0.2, 0) is 40.7 Å². The topological polar surface area (TPSA) is 271 Å². The molecule has 0 saturated carbocycles. The number of nitrogens with one attached hydrogen (secondary N) is 1. The molecular weight excluding hydrogens is 550 g/mol. The van der Waals surface area contributed by atoms with Gasteiger partial charge in [-0.05, 0) is 6.92 Å². The van der Waals surface area contributed by atoms with Gasteiger partial charge in [-0.2, -0.15) is 4.98 Å². The number of hydrogen-bond acceptors (Lipinski definition) is 14. The fourth-order valence-corrected chi connectivity index (χ4v) is 5.65. The Labute approximate surface area is 212 Å². The number of nitrogens with zero attached hydrogens (tertiary/aromatic N) is 7. The molecule has 19 nitrogen and oxygen atoms in total. The summed E-state index contributed by atoms with van der Waals surface area (Å²) in [4.78, 5) is 53.8. The minimum atomic E-state index is -4.93. The van der Waals surface area contributed by atoms with Gasteiger partial charge >= 0.3 is 15.4 Å². The van der Waals surface area contributed by atoms with Gasteiger partial charge in [0.25, 0.3) is 5.56 Å². The Morgan fingerprint density at radius 2 is 1.79 bits per heavy atom. The standard InChI is InChI=1S/C17H24N10O9P2/c1-10(4-26-6-22-11-13(18)20-5-21-14(11)26)34-9-37(29,30)36-38(31,32)35-3-2-33-8-27-7-23-12-15(27)24-17(19)25-16(12)28/h5-7,10H,2-4,8-9H2,1H3,(H,29,30)(H,31,32)(H2,18,20,21)(H3,19,24,25,28)/t10-/m0/s1. The first kappa shape index (κ1) is 27.7. The summed E-state index contributed by atoms with van der Waals surface area (Å²) in [5.41, 5.74) is 11.8. The van der Waals surface area contributed by atoms with E-state index in [1.54, 1.807) is 11.5 Å². The molecular formula is C17H24N10O9P2. The van der Waals surface area contributed by atoms with Crippen LogP contribution in [0.15, 0.2) is 23.8 Å². The van der Waals surface area contributed by atoms with Gasteiger partial charge in [-0.25, -0.2) is 28.8 Å². The molecule has 206 valence electrons. The van der Waals surface area contributed by atoms with E-state index in [1.807, 2.05) is 0 Å². The number of phosphoric ester groups is 1. The van der Waals surface area contributed by atoms with Gasteiger partial charge in [-0.3, -0.25) is 23.4 Å². The number of anilines is 2. The average molecular weight is 574 g/mol. The summed E-state index contributed by atoms with van der Waals surface area (Å²) < 4.78 is 47.1. The molecule has 2 unspecified atom stereocenters. The molecule has 0 aromatic carbocycles. The molecule has 0 bridgehead atoms. The lowest BCUT2D eigenvalue weighted by molar-refractivity contribution is 0.0463. The molecule has 0 aliphatic carbocycles. The van der Waals surface area contributed by atoms with E-state index < -0.39 is 40.0 Å². The summed E-state index contributed by atoms with van der Waals surface area (Å²) in [7, 11) is -9.62. The molecule has 38 heavy (non-hydrogen) atoms. The fourth-order valence-electron chi connectivity index (χ4n) is 3.23. The van der Waals surface area contributed by atoms with E-state index in [2.05, 4.69) is 38.7 Å². The second-order valence-electron chi connectivity index (χ2n) is 7.83. The summed E-state index contributed by atoms with van der Waals surface area (Å²) in [5, 5.41) is 0. The Hall–Kier alpha value is -3.28. The maximum absolute atomic E-state index is 12.3. The number of ether oxygens (including phenoxy) is 2. The molecule has 0 radical (unpaired) electrons. The first-order chi connectivity index (χ1) is 17.9. The lowest BCUT2D eigenvalue weighted by Crippen LogP contribution is -2.17. The van der Waals surface area contributed by atoms with Crippen molar-refractivity contribution in [1.29, 1.82) is 0 Å². The number of imidazole rings is 2. The monoisotopic (exact) mass is 574 g/mol. The summed E-state index contributed by atoms with van der Waals surface area (Å²) >= 11 is 0. The van der Waals surface area contributed by atoms with E-state index >= 15 is 0 Å². The van der Waals surface area contributed by atoms with E-state index in [0.717, 1.165) is 0 Å². The van der Waals surface area contributed by atoms with Crippen LogP contribution < -0.4 is 17.0 Å². The first-order valence-electron chi connectivity index (χ1n) is 10.8. The number of rotatable bonds is 13. The van der Waals surface area contributed by atoms with Crippen LogP contribution in [0, 0.1) is 0 Å². The molecule has 21 heteroatoms. The zero-order valence-corrected chi connectivity index (χ0v) is 21.6. The molecule has 0 fully saturated rings. The number of fused-ring (bicyclic) bond motifs is 2. The fraction of sp³-hybridized carbons (Fsp3) is 0.412. The Morgan fingerprint density at radius 3 is 2.58 bits per heavy atom. The molecule has 4 rings (SSSR count). The number of nitrogens with two attached hydrogens (primary N) is 2. The van der Waals surface area contributed by atoms with Crippen molar-refractivity contribution in [3.05, 3.63) is 29.3 Å². The van der Waals surface area contributed by atoms with Crippen molar-refractivity contribution in [2.45, 2.75) is 26.3 Å². The Morgan fingerprint density at radius 1 is 1.05 bits per heavy atom. The third-order valence-electron chi connectivity index (χ3n) is 4.84. The highest BCUT2D eigenvalue weighted by atomic mass is 31.3. The van der Waals surface area contributed by atoms with E-state index in [9.17, 15) is 23.7 Å². The molecule has 0 saturated heterocycles. The maximum atomic E-state index is 12.3. The number of phosphoric acid groups is 1. The second kappa shape index (κ2) is 11.2. The number of aromatic amines is 1. The van der Waals surface area contributed by atoms with Crippen molar-refractivity contribution < 1.29 is 37.2 Å². The molecule has 0 spiro atoms. The number of nitrogen functional groups attached to an aromatic ring is 2. The van der Waals surface area contributed by atoms with Crippen LogP contribution in [0.2, 0.25) is 0 Å². The van der Waals surface area contributed by atoms with Gasteiger partial charge in [-0.1, -0.05) is 0 Å². The minimum absolute atomic E-state index is 0.0552. The Balaban J connectivity index is 1.21. The van der Waals surface area contributed by atoms with Gasteiger partial charge in [0.15, 0.2) is 22.6 Å². The Kier molecular flexibility index (Phi) is 8.19. The highest BCUT2D eigenvalue weighted by Crippen LogP contribution is 2.59. The van der Waals surface area contributed by atoms with Crippen LogP contribution in [0.3, 0.4) is 0 Å². The van der Waals surface area contributed by atoms with Crippen LogP contribution >= 0.6 is 15.4 Å². The van der Waals surface area contributed by atoms with Gasteiger partial charge in [0.1, 0.15) is 24.9 Å². The van der Waals surface area contributed by atoms with E-state index in [0.29, 0.717) is 11.2 Å². The van der Waals surface area contributed by atoms with Crippen molar-refractivity contribution in [3.63, 3.8) is 0 Å². The quantitative estimate of drug-likeness (QED) is 0.102. The van der Waals surface area contributed by atoms with Crippen LogP contribution in [0.25, 0.3) is 22.3 Å². The molecule has 0 aliphatic heterocycles. The highest BCUT2D eigenvalue weighted by Gasteiger charge is 2.34. The highest BCUT2D eigenvalue weighted by molar-refractivity contribution is 7.63. The largest absolute Gasteiger partial charge is 0.479 e. The zero-order valence-electron chi connectivity index (χ0n) is 19.8. The van der Waals surface area contributed by atoms with Crippen LogP contribution in [-0.4, -0.2) is 74.5 Å². The normalized spacial score (nSPS) is 16.0. The Bertz CT molecular complexity index is 1590. The number of aromatic nitrogens is 8. The smallest absolute Gasteiger partial charge is 0.382 e. The van der Waals surface area contributed by atoms with Crippen LogP contribution in [0.4, 0.5) is 11.8 Å². The molecule has 3 atom stereocenters. The van der Waals surface area contributed by atoms with Crippen LogP contribution in [0.5, 0.6) is 0 Å². The average Bonchev–Trinajstić information content (AvgIpc) is 3.42. The summed E-state index contributed by atoms with van der Waals surface area (Å²) in [5.74, 6) is 0.0986. The summed E-state index contributed by atoms with van der Waals surface area (Å²) in [6.07, 6.45) is 2.51. The third-order valence-corrected chi connectivity index (χ3v) is 7.67. The van der Waals surface area contributed by atoms with Gasteiger partial charge in [-0.15, -0.1) is 0 Å². The van der Waals surface area contributed by atoms with Crippen molar-refractivity contribution in [2.75, 3.05) is 31.0 Å². The zero-order chi connectivity index (χ0) is 27.5. The third kappa shape index (κ3) is 6.77. The van der Waals surface area contributed by atoms with E-state index in [4.69, 9.17) is 20.9 Å². The minimum Gasteiger partial charge on any atom is -0.382 e. The van der Waals surface area contributed by atoms with Crippen molar-refractivity contribution in [3.8, 4) is 0 Å². The first-order valence-corrected chi connectivity index (χ1v) is 14.0. The predicted octanol–water partition coefficient (Wildman–Crippen LogP) is -0.220. The lowest BCUT2D eigenvalue weighted by Gasteiger charge is -2.19. The van der Waals surface area contributed by atoms with Crippen molar-refractivity contribution >= 4 is 49.5 Å². The summed E-state index contributed by atoms with van der Waals surface area (Å²) in [6.45, 7) is 0.961. The molecule has 4 heterocycles. The van der Waals surface area contributed by atoms with Crippen LogP contribution in [0.1, 0.15) is 6.92 Å². The number of hydrogen-bond donors (Lipinski definition) is 5. The van der Waals surface area contributed by atoms with Gasteiger partial charge in [0, 0.05) is 0 Å². The molecule has 4 aromatic rings. The maximum Gasteiger partial charge on any atom is 0.479 e. The molecule has 0 aliphatic rings. The van der Waals surface area contributed by atoms with E-state index in [1.165, 1.54) is 23.5 Å². The van der Waals surface area contributed by atoms with Gasteiger partial charge in [0.05, 0.1) is 38.5 Å². The molecule has 7 N–H and O–H groups in total. The van der Waals surface area contributed by atoms with E-state index in [-0.39, 0.29) is 42.8 Å². The predicted molar refractivity (Wildman–Crippen MR) is 130 cm³/mol. The molecule has 4 aromatic heterocycles. The van der Waals surface area contributed by atoms with Crippen molar-refractivity contribution in [2.24, 2.45) is 0 Å². The van der Waals surface area contributed by atoms with Gasteiger partial charge in [0.2, 0.25) is 5.95 Å². The van der Waals surface area contributed by atoms with Gasteiger partial charge < -0.3 is 35.3 Å².